The summed E-state index contributed by atoms with van der Waals surface area (Å²) in [6.45, 7) is 3.91. The highest BCUT2D eigenvalue weighted by Crippen LogP contribution is 2.14. The quantitative estimate of drug-likeness (QED) is 0.697. The number of aromatic nitrogens is 2. The number of rotatable bonds is 3. The number of fused-ring (bicyclic) bond motifs is 1. The summed E-state index contributed by atoms with van der Waals surface area (Å²) < 4.78 is 1.35. The van der Waals surface area contributed by atoms with Gasteiger partial charge in [-0.05, 0) is 35.9 Å². The van der Waals surface area contributed by atoms with Crippen molar-refractivity contribution in [1.29, 1.82) is 0 Å². The first kappa shape index (κ1) is 13.7. The van der Waals surface area contributed by atoms with Crippen molar-refractivity contribution in [2.45, 2.75) is 20.3 Å². The molecular weight excluding hydrogens is 282 g/mol. The molecule has 0 amide bonds. The van der Waals surface area contributed by atoms with Crippen LogP contribution in [0.4, 0.5) is 0 Å². The Hall–Kier alpha value is -2.27. The average molecular weight is 297 g/mol. The number of aryl methyl sites for hydroxylation is 2. The van der Waals surface area contributed by atoms with Crippen molar-refractivity contribution in [2.24, 2.45) is 5.10 Å². The van der Waals surface area contributed by atoms with E-state index in [1.807, 2.05) is 17.5 Å². The summed E-state index contributed by atoms with van der Waals surface area (Å²) in [7, 11) is 0. The van der Waals surface area contributed by atoms with Crippen LogP contribution in [0.2, 0.25) is 0 Å². The van der Waals surface area contributed by atoms with Crippen LogP contribution in [0.5, 0.6) is 0 Å². The first-order chi connectivity index (χ1) is 10.2. The maximum atomic E-state index is 12.3. The predicted octanol–water partition coefficient (Wildman–Crippen LogP) is 3.21. The van der Waals surface area contributed by atoms with Gasteiger partial charge in [-0.2, -0.15) is 9.78 Å². The molecule has 0 N–H and O–H groups in total. The molecule has 0 aliphatic carbocycles. The Morgan fingerprint density at radius 2 is 2.05 bits per heavy atom. The second kappa shape index (κ2) is 5.61. The van der Waals surface area contributed by atoms with Crippen molar-refractivity contribution < 1.29 is 0 Å². The van der Waals surface area contributed by atoms with E-state index in [-0.39, 0.29) is 5.56 Å². The lowest BCUT2D eigenvalue weighted by molar-refractivity contribution is 0.772. The van der Waals surface area contributed by atoms with Crippen molar-refractivity contribution in [3.05, 3.63) is 63.0 Å². The molecule has 0 radical (unpaired) electrons. The molecule has 4 nitrogen and oxygen atoms in total. The zero-order valence-corrected chi connectivity index (χ0v) is 12.7. The Morgan fingerprint density at radius 1 is 1.29 bits per heavy atom. The first-order valence-electron chi connectivity index (χ1n) is 6.79. The minimum Gasteiger partial charge on any atom is -0.267 e. The van der Waals surface area contributed by atoms with Gasteiger partial charge in [-0.3, -0.25) is 4.79 Å². The lowest BCUT2D eigenvalue weighted by atomic mass is 10.1. The van der Waals surface area contributed by atoms with Crippen LogP contribution in [0.15, 0.2) is 45.6 Å². The van der Waals surface area contributed by atoms with Gasteiger partial charge in [0, 0.05) is 0 Å². The molecule has 0 saturated carbocycles. The fourth-order valence-corrected chi connectivity index (χ4v) is 2.91. The normalized spacial score (nSPS) is 11.5. The van der Waals surface area contributed by atoms with Crippen molar-refractivity contribution in [3.8, 4) is 0 Å². The summed E-state index contributed by atoms with van der Waals surface area (Å²) in [5.41, 5.74) is 2.12. The molecule has 1 aromatic carbocycles. The topological polar surface area (TPSA) is 47.2 Å². The zero-order chi connectivity index (χ0) is 14.8. The minimum atomic E-state index is -0.125. The van der Waals surface area contributed by atoms with E-state index in [0.717, 1.165) is 16.8 Å². The fraction of sp³-hybridized carbons (Fsp3) is 0.188. The number of thiophene rings is 1. The standard InChI is InChI=1S/C16H15N3OS/c1-3-12-4-6-13(7-5-12)10-17-19-11(2)18-15-14(16(19)20)8-9-21-15/h4-10H,3H2,1-2H3/b17-10-. The molecule has 2 aromatic heterocycles. The van der Waals surface area contributed by atoms with Gasteiger partial charge in [0.1, 0.15) is 10.7 Å². The second-order valence-electron chi connectivity index (χ2n) is 4.76. The molecular formula is C16H15N3OS. The Kier molecular flexibility index (Phi) is 3.66. The Balaban J connectivity index is 2.00. The molecule has 2 heterocycles. The third-order valence-corrected chi connectivity index (χ3v) is 4.15. The van der Waals surface area contributed by atoms with Gasteiger partial charge in [0.05, 0.1) is 11.6 Å². The molecule has 0 saturated heterocycles. The lowest BCUT2D eigenvalue weighted by Gasteiger charge is -2.03. The van der Waals surface area contributed by atoms with Gasteiger partial charge in [-0.15, -0.1) is 11.3 Å². The van der Waals surface area contributed by atoms with Crippen molar-refractivity contribution in [2.75, 3.05) is 0 Å². The number of nitrogens with zero attached hydrogens (tertiary/aromatic N) is 3. The second-order valence-corrected chi connectivity index (χ2v) is 5.65. The third-order valence-electron chi connectivity index (χ3n) is 3.35. The minimum absolute atomic E-state index is 0.125. The Bertz CT molecular complexity index is 859. The van der Waals surface area contributed by atoms with Gasteiger partial charge in [0.15, 0.2) is 0 Å². The summed E-state index contributed by atoms with van der Waals surface area (Å²) in [6.07, 6.45) is 2.70. The molecule has 0 aliphatic heterocycles. The number of benzene rings is 1. The molecule has 0 aliphatic rings. The fourth-order valence-electron chi connectivity index (χ4n) is 2.11. The van der Waals surface area contributed by atoms with Crippen molar-refractivity contribution in [3.63, 3.8) is 0 Å². The summed E-state index contributed by atoms with van der Waals surface area (Å²) in [6, 6.07) is 9.92. The van der Waals surface area contributed by atoms with E-state index in [2.05, 4.69) is 29.1 Å². The van der Waals surface area contributed by atoms with Crippen LogP contribution in [0, 0.1) is 6.92 Å². The average Bonchev–Trinajstić information content (AvgIpc) is 2.96. The molecule has 5 heteroatoms. The predicted molar refractivity (Wildman–Crippen MR) is 87.4 cm³/mol. The SMILES string of the molecule is CCc1ccc(/C=N\n2c(C)nc3sccc3c2=O)cc1. The molecule has 3 aromatic rings. The molecule has 0 bridgehead atoms. The summed E-state index contributed by atoms with van der Waals surface area (Å²) in [4.78, 5) is 17.5. The van der Waals surface area contributed by atoms with Gasteiger partial charge in [0.25, 0.3) is 5.56 Å². The van der Waals surface area contributed by atoms with E-state index in [9.17, 15) is 4.79 Å². The van der Waals surface area contributed by atoms with E-state index in [4.69, 9.17) is 0 Å². The first-order valence-corrected chi connectivity index (χ1v) is 7.67. The van der Waals surface area contributed by atoms with Crippen LogP contribution in [0.25, 0.3) is 10.2 Å². The third kappa shape index (κ3) is 2.64. The zero-order valence-electron chi connectivity index (χ0n) is 11.9. The van der Waals surface area contributed by atoms with E-state index in [1.54, 1.807) is 19.2 Å². The molecule has 0 unspecified atom stereocenters. The largest absolute Gasteiger partial charge is 0.282 e. The van der Waals surface area contributed by atoms with Crippen molar-refractivity contribution in [1.82, 2.24) is 9.66 Å². The van der Waals surface area contributed by atoms with Gasteiger partial charge < -0.3 is 0 Å². The van der Waals surface area contributed by atoms with Crippen LogP contribution < -0.4 is 5.56 Å². The van der Waals surface area contributed by atoms with Crippen molar-refractivity contribution >= 4 is 27.8 Å². The monoisotopic (exact) mass is 297 g/mol. The van der Waals surface area contributed by atoms with Crippen LogP contribution >= 0.6 is 11.3 Å². The Labute approximate surface area is 126 Å². The van der Waals surface area contributed by atoms with Crippen LogP contribution in [-0.4, -0.2) is 15.9 Å². The van der Waals surface area contributed by atoms with Crippen LogP contribution in [-0.2, 0) is 6.42 Å². The Morgan fingerprint density at radius 3 is 2.76 bits per heavy atom. The summed E-state index contributed by atoms with van der Waals surface area (Å²) in [5.74, 6) is 0.594. The highest BCUT2D eigenvalue weighted by molar-refractivity contribution is 7.16. The van der Waals surface area contributed by atoms with Gasteiger partial charge in [0.2, 0.25) is 0 Å². The highest BCUT2D eigenvalue weighted by Gasteiger charge is 2.07. The molecule has 106 valence electrons. The van der Waals surface area contributed by atoms with E-state index in [1.165, 1.54) is 21.6 Å². The van der Waals surface area contributed by atoms with Gasteiger partial charge in [-0.25, -0.2) is 4.98 Å². The highest BCUT2D eigenvalue weighted by atomic mass is 32.1. The summed E-state index contributed by atoms with van der Waals surface area (Å²) >= 11 is 1.47. The lowest BCUT2D eigenvalue weighted by Crippen LogP contribution is -2.19. The van der Waals surface area contributed by atoms with Crippen LogP contribution in [0.3, 0.4) is 0 Å². The number of hydrogen-bond donors (Lipinski definition) is 0. The number of hydrogen-bond acceptors (Lipinski definition) is 4. The molecule has 0 fully saturated rings. The molecule has 21 heavy (non-hydrogen) atoms. The van der Waals surface area contributed by atoms with E-state index >= 15 is 0 Å². The molecule has 0 spiro atoms. The van der Waals surface area contributed by atoms with Gasteiger partial charge in [-0.1, -0.05) is 31.2 Å². The van der Waals surface area contributed by atoms with E-state index in [0.29, 0.717) is 11.2 Å². The van der Waals surface area contributed by atoms with Gasteiger partial charge >= 0.3 is 0 Å². The van der Waals surface area contributed by atoms with E-state index < -0.39 is 0 Å². The molecule has 0 atom stereocenters. The maximum absolute atomic E-state index is 12.3. The smallest absolute Gasteiger partial charge is 0.267 e. The maximum Gasteiger partial charge on any atom is 0.282 e. The molecule has 3 rings (SSSR count). The van der Waals surface area contributed by atoms with Crippen LogP contribution in [0.1, 0.15) is 23.9 Å². The summed E-state index contributed by atoms with van der Waals surface area (Å²) in [5, 5.41) is 6.77.